The summed E-state index contributed by atoms with van der Waals surface area (Å²) in [4.78, 5) is 20.7. The van der Waals surface area contributed by atoms with E-state index >= 15 is 0 Å². The number of benzene rings is 2. The number of fused-ring (bicyclic) bond motifs is 2. The molecular formula is C22H24N3O3S+. The van der Waals surface area contributed by atoms with Gasteiger partial charge in [-0.15, -0.1) is 0 Å². The molecule has 29 heavy (non-hydrogen) atoms. The Bertz CT molecular complexity index is 987. The van der Waals surface area contributed by atoms with Crippen LogP contribution < -0.4 is 19.3 Å². The molecule has 0 radical (unpaired) electrons. The quantitative estimate of drug-likeness (QED) is 0.634. The van der Waals surface area contributed by atoms with Crippen molar-refractivity contribution in [1.29, 1.82) is 0 Å². The van der Waals surface area contributed by atoms with Crippen LogP contribution in [0, 0.1) is 0 Å². The van der Waals surface area contributed by atoms with Gasteiger partial charge in [0.15, 0.2) is 16.6 Å². The van der Waals surface area contributed by atoms with Crippen molar-refractivity contribution < 1.29 is 19.2 Å². The summed E-state index contributed by atoms with van der Waals surface area (Å²) in [5, 5.41) is 0.686. The molecule has 1 aromatic heterocycles. The standard InChI is InChI=1S/C22H23N3O3S/c1-24(2)10-11-25(21(26)9-8-16-6-4-3-5-7-16)22-23-17-14-18-19(15-20(17)29-22)28-13-12-27-18/h3-9,14-15H,10-13H2,1-2H3/p+1/b9-8+. The molecular weight excluding hydrogens is 386 g/mol. The van der Waals surface area contributed by atoms with Gasteiger partial charge >= 0.3 is 0 Å². The third-order valence-corrected chi connectivity index (χ3v) is 5.63. The maximum Gasteiger partial charge on any atom is 0.252 e. The van der Waals surface area contributed by atoms with E-state index in [1.165, 1.54) is 16.2 Å². The zero-order valence-electron chi connectivity index (χ0n) is 16.6. The molecule has 0 unspecified atom stereocenters. The van der Waals surface area contributed by atoms with Gasteiger partial charge < -0.3 is 14.4 Å². The van der Waals surface area contributed by atoms with Gasteiger partial charge in [0.05, 0.1) is 37.4 Å². The van der Waals surface area contributed by atoms with Gasteiger partial charge in [-0.05, 0) is 11.6 Å². The Morgan fingerprint density at radius 3 is 2.62 bits per heavy atom. The van der Waals surface area contributed by atoms with Crippen molar-refractivity contribution in [2.45, 2.75) is 0 Å². The normalized spacial score (nSPS) is 13.3. The first kappa shape index (κ1) is 19.4. The summed E-state index contributed by atoms with van der Waals surface area (Å²) in [5.41, 5.74) is 1.81. The second-order valence-electron chi connectivity index (χ2n) is 7.15. The molecule has 2 aromatic carbocycles. The van der Waals surface area contributed by atoms with Crippen molar-refractivity contribution >= 4 is 38.7 Å². The summed E-state index contributed by atoms with van der Waals surface area (Å²) >= 11 is 1.50. The Kier molecular flexibility index (Phi) is 5.78. The first-order chi connectivity index (χ1) is 14.1. The van der Waals surface area contributed by atoms with Gasteiger partial charge in [-0.3, -0.25) is 9.69 Å². The van der Waals surface area contributed by atoms with Crippen LogP contribution in [0.5, 0.6) is 11.5 Å². The highest BCUT2D eigenvalue weighted by atomic mass is 32.1. The van der Waals surface area contributed by atoms with E-state index in [9.17, 15) is 4.79 Å². The smallest absolute Gasteiger partial charge is 0.252 e. The van der Waals surface area contributed by atoms with Crippen LogP contribution in [-0.4, -0.2) is 51.3 Å². The van der Waals surface area contributed by atoms with E-state index in [0.29, 0.717) is 30.6 Å². The minimum absolute atomic E-state index is 0.0774. The van der Waals surface area contributed by atoms with Gasteiger partial charge in [-0.2, -0.15) is 0 Å². The Morgan fingerprint density at radius 2 is 1.90 bits per heavy atom. The number of anilines is 1. The summed E-state index contributed by atoms with van der Waals surface area (Å²) < 4.78 is 12.3. The van der Waals surface area contributed by atoms with Gasteiger partial charge in [-0.1, -0.05) is 41.7 Å². The number of aromatic nitrogens is 1. The monoisotopic (exact) mass is 410 g/mol. The van der Waals surface area contributed by atoms with E-state index in [4.69, 9.17) is 14.5 Å². The molecule has 1 N–H and O–H groups in total. The van der Waals surface area contributed by atoms with Crippen LogP contribution in [0.15, 0.2) is 48.5 Å². The summed E-state index contributed by atoms with van der Waals surface area (Å²) in [6, 6.07) is 13.7. The number of quaternary nitrogens is 1. The molecule has 0 atom stereocenters. The molecule has 6 nitrogen and oxygen atoms in total. The van der Waals surface area contributed by atoms with Gasteiger partial charge in [0.2, 0.25) is 0 Å². The molecule has 0 saturated heterocycles. The fraction of sp³-hybridized carbons (Fsp3) is 0.273. The first-order valence-corrected chi connectivity index (χ1v) is 10.5. The van der Waals surface area contributed by atoms with Crippen LogP contribution in [0.1, 0.15) is 5.56 Å². The maximum absolute atomic E-state index is 13.0. The molecule has 1 aliphatic rings. The average Bonchev–Trinajstić information content (AvgIpc) is 3.13. The van der Waals surface area contributed by atoms with E-state index in [1.807, 2.05) is 48.5 Å². The molecule has 0 saturated carbocycles. The van der Waals surface area contributed by atoms with Crippen molar-refractivity contribution in [3.63, 3.8) is 0 Å². The van der Waals surface area contributed by atoms with E-state index in [-0.39, 0.29) is 5.91 Å². The SMILES string of the molecule is C[NH+](C)CCN(C(=O)/C=C/c1ccccc1)c1nc2cc3c(cc2s1)OCCO3. The van der Waals surface area contributed by atoms with Crippen molar-refractivity contribution in [2.75, 3.05) is 45.3 Å². The number of carbonyl (C=O) groups is 1. The second kappa shape index (κ2) is 8.63. The molecule has 1 aliphatic heterocycles. The van der Waals surface area contributed by atoms with Gasteiger partial charge in [0.25, 0.3) is 5.91 Å². The average molecular weight is 411 g/mol. The van der Waals surface area contributed by atoms with Crippen molar-refractivity contribution in [3.8, 4) is 11.5 Å². The molecule has 0 bridgehead atoms. The Balaban J connectivity index is 1.63. The largest absolute Gasteiger partial charge is 0.486 e. The summed E-state index contributed by atoms with van der Waals surface area (Å²) in [6.45, 7) is 2.50. The van der Waals surface area contributed by atoms with E-state index in [0.717, 1.165) is 28.1 Å². The third kappa shape index (κ3) is 4.58. The lowest BCUT2D eigenvalue weighted by Crippen LogP contribution is -3.06. The highest BCUT2D eigenvalue weighted by Crippen LogP contribution is 2.38. The number of carbonyl (C=O) groups excluding carboxylic acids is 1. The molecule has 4 rings (SSSR count). The van der Waals surface area contributed by atoms with Crippen LogP contribution >= 0.6 is 11.3 Å². The number of rotatable bonds is 6. The number of hydrogen-bond acceptors (Lipinski definition) is 5. The Hall–Kier alpha value is -2.90. The van der Waals surface area contributed by atoms with Crippen molar-refractivity contribution in [3.05, 3.63) is 54.1 Å². The van der Waals surface area contributed by atoms with Gasteiger partial charge in [0.1, 0.15) is 13.2 Å². The van der Waals surface area contributed by atoms with Crippen molar-refractivity contribution in [2.24, 2.45) is 0 Å². The number of hydrogen-bond donors (Lipinski definition) is 1. The molecule has 3 aromatic rings. The number of nitrogens with zero attached hydrogens (tertiary/aromatic N) is 2. The summed E-state index contributed by atoms with van der Waals surface area (Å²) in [6.07, 6.45) is 3.45. The number of nitrogens with one attached hydrogen (secondary N) is 1. The zero-order valence-corrected chi connectivity index (χ0v) is 17.4. The van der Waals surface area contributed by atoms with Crippen LogP contribution in [0.2, 0.25) is 0 Å². The maximum atomic E-state index is 13.0. The third-order valence-electron chi connectivity index (χ3n) is 4.59. The van der Waals surface area contributed by atoms with E-state index < -0.39 is 0 Å². The van der Waals surface area contributed by atoms with Gasteiger partial charge in [0, 0.05) is 18.2 Å². The van der Waals surface area contributed by atoms with E-state index in [2.05, 4.69) is 14.1 Å². The first-order valence-electron chi connectivity index (χ1n) is 9.64. The number of amides is 1. The molecule has 1 amide bonds. The molecule has 150 valence electrons. The molecule has 2 heterocycles. The molecule has 0 aliphatic carbocycles. The lowest BCUT2D eigenvalue weighted by Gasteiger charge is -2.19. The predicted octanol–water partition coefficient (Wildman–Crippen LogP) is 2.26. The van der Waals surface area contributed by atoms with Gasteiger partial charge in [-0.25, -0.2) is 4.98 Å². The predicted molar refractivity (Wildman–Crippen MR) is 116 cm³/mol. The summed E-state index contributed by atoms with van der Waals surface area (Å²) in [5.74, 6) is 1.37. The van der Waals surface area contributed by atoms with E-state index in [1.54, 1.807) is 11.0 Å². The highest BCUT2D eigenvalue weighted by molar-refractivity contribution is 7.22. The van der Waals surface area contributed by atoms with Crippen LogP contribution in [0.3, 0.4) is 0 Å². The fourth-order valence-electron chi connectivity index (χ4n) is 3.03. The highest BCUT2D eigenvalue weighted by Gasteiger charge is 2.21. The minimum atomic E-state index is -0.0774. The molecule has 0 fully saturated rings. The molecule has 7 heteroatoms. The number of likely N-dealkylation sites (N-methyl/N-ethyl adjacent to an activating group) is 1. The topological polar surface area (TPSA) is 56.1 Å². The minimum Gasteiger partial charge on any atom is -0.486 e. The van der Waals surface area contributed by atoms with Crippen LogP contribution in [-0.2, 0) is 4.79 Å². The Labute approximate surface area is 174 Å². The Morgan fingerprint density at radius 1 is 1.17 bits per heavy atom. The lowest BCUT2D eigenvalue weighted by molar-refractivity contribution is -0.856. The fourth-order valence-corrected chi connectivity index (χ4v) is 4.03. The number of thiazole rings is 1. The second-order valence-corrected chi connectivity index (χ2v) is 8.16. The zero-order chi connectivity index (χ0) is 20.2. The van der Waals surface area contributed by atoms with Crippen molar-refractivity contribution in [1.82, 2.24) is 4.98 Å². The molecule has 0 spiro atoms. The number of ether oxygens (including phenoxy) is 2. The van der Waals surface area contributed by atoms with Crippen LogP contribution in [0.25, 0.3) is 16.3 Å². The van der Waals surface area contributed by atoms with Crippen LogP contribution in [0.4, 0.5) is 5.13 Å². The summed E-state index contributed by atoms with van der Waals surface area (Å²) in [7, 11) is 4.15. The lowest BCUT2D eigenvalue weighted by atomic mass is 10.2.